The lowest BCUT2D eigenvalue weighted by Crippen LogP contribution is -1.98. The summed E-state index contributed by atoms with van der Waals surface area (Å²) in [5.41, 5.74) is 0.178. The molecule has 0 unspecified atom stereocenters. The maximum absolute atomic E-state index is 11.7. The van der Waals surface area contributed by atoms with Crippen LogP contribution in [0.15, 0.2) is 6.20 Å². The lowest BCUT2D eigenvalue weighted by molar-refractivity contribution is 0.0684. The lowest BCUT2D eigenvalue weighted by Gasteiger charge is -1.83. The molecule has 1 aromatic rings. The third kappa shape index (κ3) is 1.12. The molecule has 0 amide bonds. The number of carbonyl (C=O) groups is 1. The fourth-order valence-electron chi connectivity index (χ4n) is 0.536. The molecule has 10 heavy (non-hydrogen) atoms. The van der Waals surface area contributed by atoms with Gasteiger partial charge in [-0.05, 0) is 0 Å². The Hall–Kier alpha value is -1.39. The smallest absolute Gasteiger partial charge is 0.371 e. The molecule has 0 saturated carbocycles. The molecule has 1 aromatic heterocycles. The molecule has 54 valence electrons. The van der Waals surface area contributed by atoms with Crippen molar-refractivity contribution in [3.63, 3.8) is 0 Å². The van der Waals surface area contributed by atoms with Crippen LogP contribution in [-0.2, 0) is 6.67 Å². The first-order valence-corrected chi connectivity index (χ1v) is 2.57. The van der Waals surface area contributed by atoms with Crippen molar-refractivity contribution in [1.82, 2.24) is 9.97 Å². The number of aromatic carboxylic acids is 1. The van der Waals surface area contributed by atoms with Gasteiger partial charge in [-0.3, -0.25) is 0 Å². The highest BCUT2D eigenvalue weighted by molar-refractivity contribution is 5.83. The fraction of sp³-hybridized carbons (Fsp3) is 0.200. The molecule has 0 atom stereocenters. The molecule has 0 aliphatic carbocycles. The number of H-pyrrole nitrogens is 1. The molecular formula is C5H5FN2O2. The molecule has 0 aliphatic heterocycles. The molecule has 0 spiro atoms. The summed E-state index contributed by atoms with van der Waals surface area (Å²) >= 11 is 0. The van der Waals surface area contributed by atoms with Crippen molar-refractivity contribution in [2.45, 2.75) is 6.67 Å². The molecule has 0 bridgehead atoms. The Labute approximate surface area is 55.7 Å². The number of carboxylic acid groups (broad SMARTS) is 1. The molecule has 4 nitrogen and oxygen atoms in total. The SMILES string of the molecule is O=C(O)c1ncc(CF)[nH]1. The maximum Gasteiger partial charge on any atom is 0.371 e. The minimum absolute atomic E-state index is 0.178. The number of halogens is 1. The summed E-state index contributed by atoms with van der Waals surface area (Å²) in [4.78, 5) is 15.8. The number of aromatic nitrogens is 2. The van der Waals surface area contributed by atoms with Gasteiger partial charge in [0, 0.05) is 0 Å². The van der Waals surface area contributed by atoms with Crippen molar-refractivity contribution in [1.29, 1.82) is 0 Å². The molecule has 1 heterocycles. The molecule has 0 radical (unpaired) electrons. The molecule has 0 saturated heterocycles. The second kappa shape index (κ2) is 2.47. The van der Waals surface area contributed by atoms with Crippen LogP contribution in [0.25, 0.3) is 0 Å². The summed E-state index contributed by atoms with van der Waals surface area (Å²) in [6.45, 7) is -0.722. The Morgan fingerprint density at radius 2 is 2.60 bits per heavy atom. The number of aromatic amines is 1. The van der Waals surface area contributed by atoms with Crippen molar-refractivity contribution in [2.75, 3.05) is 0 Å². The van der Waals surface area contributed by atoms with E-state index in [-0.39, 0.29) is 11.5 Å². The quantitative estimate of drug-likeness (QED) is 0.637. The van der Waals surface area contributed by atoms with Crippen LogP contribution in [0.3, 0.4) is 0 Å². The Kier molecular flexibility index (Phi) is 1.66. The summed E-state index contributed by atoms with van der Waals surface area (Å²) < 4.78 is 11.7. The van der Waals surface area contributed by atoms with Gasteiger partial charge in [0.1, 0.15) is 6.67 Å². The van der Waals surface area contributed by atoms with Gasteiger partial charge in [-0.15, -0.1) is 0 Å². The fourth-order valence-corrected chi connectivity index (χ4v) is 0.536. The minimum Gasteiger partial charge on any atom is -0.475 e. The van der Waals surface area contributed by atoms with Crippen molar-refractivity contribution in [3.8, 4) is 0 Å². The minimum atomic E-state index is -1.18. The van der Waals surface area contributed by atoms with E-state index < -0.39 is 12.6 Å². The van der Waals surface area contributed by atoms with Gasteiger partial charge in [-0.1, -0.05) is 0 Å². The van der Waals surface area contributed by atoms with Crippen LogP contribution in [-0.4, -0.2) is 21.0 Å². The summed E-state index contributed by atoms with van der Waals surface area (Å²) in [7, 11) is 0. The molecule has 1 rings (SSSR count). The van der Waals surface area contributed by atoms with E-state index in [2.05, 4.69) is 9.97 Å². The lowest BCUT2D eigenvalue weighted by atomic mass is 10.5. The van der Waals surface area contributed by atoms with Gasteiger partial charge in [0.2, 0.25) is 5.82 Å². The largest absolute Gasteiger partial charge is 0.475 e. The summed E-state index contributed by atoms with van der Waals surface area (Å²) in [5.74, 6) is -1.41. The molecular weight excluding hydrogens is 139 g/mol. The van der Waals surface area contributed by atoms with E-state index in [0.717, 1.165) is 6.20 Å². The number of hydrogen-bond acceptors (Lipinski definition) is 2. The number of imidazole rings is 1. The monoisotopic (exact) mass is 144 g/mol. The highest BCUT2D eigenvalue weighted by Gasteiger charge is 2.06. The topological polar surface area (TPSA) is 66.0 Å². The molecule has 0 fully saturated rings. The van der Waals surface area contributed by atoms with Crippen molar-refractivity contribution < 1.29 is 14.3 Å². The van der Waals surface area contributed by atoms with Crippen molar-refractivity contribution >= 4 is 5.97 Å². The third-order valence-corrected chi connectivity index (χ3v) is 0.975. The van der Waals surface area contributed by atoms with Gasteiger partial charge < -0.3 is 10.1 Å². The van der Waals surface area contributed by atoms with E-state index in [1.165, 1.54) is 0 Å². The van der Waals surface area contributed by atoms with E-state index in [9.17, 15) is 9.18 Å². The second-order valence-electron chi connectivity index (χ2n) is 1.70. The Balaban J connectivity index is 2.88. The van der Waals surface area contributed by atoms with Crippen molar-refractivity contribution in [3.05, 3.63) is 17.7 Å². The van der Waals surface area contributed by atoms with Crippen LogP contribution in [0.2, 0.25) is 0 Å². The Morgan fingerprint density at radius 1 is 1.90 bits per heavy atom. The standard InChI is InChI=1S/C5H5FN2O2/c6-1-3-2-7-4(8-3)5(9)10/h2H,1H2,(H,7,8)(H,9,10). The number of alkyl halides is 1. The predicted molar refractivity (Wildman–Crippen MR) is 30.4 cm³/mol. The van der Waals surface area contributed by atoms with Crippen molar-refractivity contribution in [2.24, 2.45) is 0 Å². The van der Waals surface area contributed by atoms with E-state index in [4.69, 9.17) is 5.11 Å². The van der Waals surface area contributed by atoms with Gasteiger partial charge in [-0.25, -0.2) is 14.2 Å². The van der Waals surface area contributed by atoms with Gasteiger partial charge in [-0.2, -0.15) is 0 Å². The first kappa shape index (κ1) is 6.73. The van der Waals surface area contributed by atoms with Gasteiger partial charge in [0.05, 0.1) is 11.9 Å². The predicted octanol–water partition coefficient (Wildman–Crippen LogP) is 0.577. The number of nitrogens with one attached hydrogen (secondary N) is 1. The number of rotatable bonds is 2. The Bertz CT molecular complexity index is 246. The number of carboxylic acids is 1. The van der Waals surface area contributed by atoms with E-state index in [1.54, 1.807) is 0 Å². The average Bonchev–Trinajstić information content (AvgIpc) is 2.34. The molecule has 2 N–H and O–H groups in total. The van der Waals surface area contributed by atoms with Crippen LogP contribution in [0.4, 0.5) is 4.39 Å². The third-order valence-electron chi connectivity index (χ3n) is 0.975. The summed E-state index contributed by atoms with van der Waals surface area (Å²) in [5, 5.41) is 8.28. The zero-order chi connectivity index (χ0) is 7.56. The molecule has 0 aliphatic rings. The van der Waals surface area contributed by atoms with E-state index in [0.29, 0.717) is 0 Å². The average molecular weight is 144 g/mol. The van der Waals surface area contributed by atoms with Gasteiger partial charge in [0.25, 0.3) is 0 Å². The van der Waals surface area contributed by atoms with Crippen LogP contribution < -0.4 is 0 Å². The van der Waals surface area contributed by atoms with Crippen LogP contribution >= 0.6 is 0 Å². The van der Waals surface area contributed by atoms with E-state index in [1.807, 2.05) is 0 Å². The van der Waals surface area contributed by atoms with Gasteiger partial charge >= 0.3 is 5.97 Å². The number of nitrogens with zero attached hydrogens (tertiary/aromatic N) is 1. The van der Waals surface area contributed by atoms with Crippen LogP contribution in [0, 0.1) is 0 Å². The van der Waals surface area contributed by atoms with Crippen LogP contribution in [0.1, 0.15) is 16.3 Å². The molecule has 5 heteroatoms. The number of hydrogen-bond donors (Lipinski definition) is 2. The summed E-state index contributed by atoms with van der Waals surface area (Å²) in [6, 6.07) is 0. The van der Waals surface area contributed by atoms with Crippen LogP contribution in [0.5, 0.6) is 0 Å². The second-order valence-corrected chi connectivity index (χ2v) is 1.70. The first-order valence-electron chi connectivity index (χ1n) is 2.57. The van der Waals surface area contributed by atoms with E-state index >= 15 is 0 Å². The maximum atomic E-state index is 11.7. The first-order chi connectivity index (χ1) is 4.74. The normalized spacial score (nSPS) is 9.70. The molecule has 0 aromatic carbocycles. The highest BCUT2D eigenvalue weighted by Crippen LogP contribution is 1.97. The zero-order valence-corrected chi connectivity index (χ0v) is 4.97. The highest BCUT2D eigenvalue weighted by atomic mass is 19.1. The zero-order valence-electron chi connectivity index (χ0n) is 4.97. The summed E-state index contributed by atoms with van der Waals surface area (Å²) in [6.07, 6.45) is 1.16. The Morgan fingerprint density at radius 3 is 2.90 bits per heavy atom. The van der Waals surface area contributed by atoms with Gasteiger partial charge in [0.15, 0.2) is 0 Å².